The number of aryl methyl sites for hydroxylation is 1. The van der Waals surface area contributed by atoms with Crippen molar-refractivity contribution in [1.29, 1.82) is 0 Å². The monoisotopic (exact) mass is 326 g/mol. The number of rotatable bonds is 5. The van der Waals surface area contributed by atoms with Crippen molar-refractivity contribution in [2.24, 2.45) is 0 Å². The van der Waals surface area contributed by atoms with E-state index in [2.05, 4.69) is 21.9 Å². The SMILES string of the molecule is CCCCNC(=O)Nc1snc(C)c1C(=O)N1CCOCC1. The van der Waals surface area contributed by atoms with Crippen molar-refractivity contribution < 1.29 is 14.3 Å². The highest BCUT2D eigenvalue weighted by Crippen LogP contribution is 2.26. The van der Waals surface area contributed by atoms with Gasteiger partial charge in [0, 0.05) is 19.6 Å². The minimum Gasteiger partial charge on any atom is -0.378 e. The fourth-order valence-electron chi connectivity index (χ4n) is 2.16. The molecule has 1 aromatic rings. The molecule has 0 saturated carbocycles. The lowest BCUT2D eigenvalue weighted by molar-refractivity contribution is 0.0303. The maximum Gasteiger partial charge on any atom is 0.319 e. The molecular formula is C14H22N4O3S. The Morgan fingerprint density at radius 3 is 2.77 bits per heavy atom. The van der Waals surface area contributed by atoms with Gasteiger partial charge in [0.15, 0.2) is 0 Å². The number of hydrogen-bond acceptors (Lipinski definition) is 5. The molecule has 8 heteroatoms. The predicted molar refractivity (Wildman–Crippen MR) is 85.5 cm³/mol. The lowest BCUT2D eigenvalue weighted by atomic mass is 10.2. The topological polar surface area (TPSA) is 83.6 Å². The van der Waals surface area contributed by atoms with Crippen molar-refractivity contribution in [2.45, 2.75) is 26.7 Å². The number of hydrogen-bond donors (Lipinski definition) is 2. The summed E-state index contributed by atoms with van der Waals surface area (Å²) in [5, 5.41) is 6.01. The first kappa shape index (κ1) is 16.7. The summed E-state index contributed by atoms with van der Waals surface area (Å²) in [5.74, 6) is -0.0987. The average molecular weight is 326 g/mol. The van der Waals surface area contributed by atoms with Crippen LogP contribution in [0.2, 0.25) is 0 Å². The number of ether oxygens (including phenoxy) is 1. The molecule has 0 aromatic carbocycles. The average Bonchev–Trinajstić information content (AvgIpc) is 2.88. The summed E-state index contributed by atoms with van der Waals surface area (Å²) >= 11 is 1.14. The van der Waals surface area contributed by atoms with E-state index in [9.17, 15) is 9.59 Å². The molecule has 2 rings (SSSR count). The number of anilines is 1. The highest BCUT2D eigenvalue weighted by molar-refractivity contribution is 7.11. The number of nitrogens with zero attached hydrogens (tertiary/aromatic N) is 2. The molecule has 0 spiro atoms. The highest BCUT2D eigenvalue weighted by Gasteiger charge is 2.25. The van der Waals surface area contributed by atoms with Crippen LogP contribution in [0, 0.1) is 6.92 Å². The minimum absolute atomic E-state index is 0.0987. The summed E-state index contributed by atoms with van der Waals surface area (Å²) in [5.41, 5.74) is 1.13. The van der Waals surface area contributed by atoms with E-state index in [-0.39, 0.29) is 11.9 Å². The van der Waals surface area contributed by atoms with Crippen LogP contribution in [0.3, 0.4) is 0 Å². The van der Waals surface area contributed by atoms with Crippen LogP contribution in [-0.2, 0) is 4.74 Å². The number of carbonyl (C=O) groups excluding carboxylic acids is 2. The third-order valence-corrected chi connectivity index (χ3v) is 4.27. The van der Waals surface area contributed by atoms with Gasteiger partial charge in [0.1, 0.15) is 5.00 Å². The molecule has 22 heavy (non-hydrogen) atoms. The van der Waals surface area contributed by atoms with Crippen LogP contribution in [-0.4, -0.2) is 54.1 Å². The molecule has 7 nitrogen and oxygen atoms in total. The van der Waals surface area contributed by atoms with Crippen LogP contribution < -0.4 is 10.6 Å². The molecule has 1 aliphatic heterocycles. The molecule has 0 radical (unpaired) electrons. The van der Waals surface area contributed by atoms with Gasteiger partial charge in [-0.25, -0.2) is 4.79 Å². The lowest BCUT2D eigenvalue weighted by Crippen LogP contribution is -2.41. The molecule has 2 N–H and O–H groups in total. The van der Waals surface area contributed by atoms with Gasteiger partial charge >= 0.3 is 6.03 Å². The largest absolute Gasteiger partial charge is 0.378 e. The first-order valence-electron chi connectivity index (χ1n) is 7.51. The Hall–Kier alpha value is -1.67. The Morgan fingerprint density at radius 1 is 1.36 bits per heavy atom. The zero-order chi connectivity index (χ0) is 15.9. The Bertz CT molecular complexity index is 526. The van der Waals surface area contributed by atoms with Gasteiger partial charge in [-0.1, -0.05) is 13.3 Å². The molecule has 122 valence electrons. The number of unbranched alkanes of at least 4 members (excludes halogenated alkanes) is 1. The molecule has 0 unspecified atom stereocenters. The Morgan fingerprint density at radius 2 is 2.09 bits per heavy atom. The van der Waals surface area contributed by atoms with E-state index in [1.165, 1.54) is 0 Å². The summed E-state index contributed by atoms with van der Waals surface area (Å²) in [6.45, 7) is 6.68. The predicted octanol–water partition coefficient (Wildman–Crippen LogP) is 1.85. The van der Waals surface area contributed by atoms with Gasteiger partial charge in [-0.15, -0.1) is 0 Å². The molecule has 1 aromatic heterocycles. The standard InChI is InChI=1S/C14H22N4O3S/c1-3-4-5-15-14(20)16-12-11(10(2)17-22-12)13(19)18-6-8-21-9-7-18/h3-9H2,1-2H3,(H2,15,16,20). The summed E-state index contributed by atoms with van der Waals surface area (Å²) in [7, 11) is 0. The number of carbonyl (C=O) groups is 2. The minimum atomic E-state index is -0.298. The number of aromatic nitrogens is 1. The van der Waals surface area contributed by atoms with Crippen LogP contribution in [0.4, 0.5) is 9.80 Å². The second-order valence-electron chi connectivity index (χ2n) is 5.11. The second kappa shape index (κ2) is 8.09. The van der Waals surface area contributed by atoms with Crippen LogP contribution in [0.5, 0.6) is 0 Å². The van der Waals surface area contributed by atoms with E-state index in [0.717, 1.165) is 24.4 Å². The van der Waals surface area contributed by atoms with Crippen molar-refractivity contribution >= 4 is 28.5 Å². The van der Waals surface area contributed by atoms with Gasteiger partial charge in [-0.05, 0) is 24.9 Å². The number of amides is 3. The van der Waals surface area contributed by atoms with Crippen LogP contribution in [0.1, 0.15) is 35.8 Å². The van der Waals surface area contributed by atoms with E-state index < -0.39 is 0 Å². The summed E-state index contributed by atoms with van der Waals surface area (Å²) in [6.07, 6.45) is 1.94. The first-order chi connectivity index (χ1) is 10.6. The van der Waals surface area contributed by atoms with Crippen molar-refractivity contribution in [3.05, 3.63) is 11.3 Å². The molecule has 1 fully saturated rings. The lowest BCUT2D eigenvalue weighted by Gasteiger charge is -2.27. The Kier molecular flexibility index (Phi) is 6.14. The van der Waals surface area contributed by atoms with Crippen molar-refractivity contribution in [1.82, 2.24) is 14.6 Å². The normalized spacial score (nSPS) is 14.7. The molecule has 0 aliphatic carbocycles. The van der Waals surface area contributed by atoms with Crippen molar-refractivity contribution in [3.63, 3.8) is 0 Å². The van der Waals surface area contributed by atoms with Crippen LogP contribution >= 0.6 is 11.5 Å². The van der Waals surface area contributed by atoms with Gasteiger partial charge < -0.3 is 15.0 Å². The third-order valence-electron chi connectivity index (χ3n) is 3.42. The third kappa shape index (κ3) is 4.17. The summed E-state index contributed by atoms with van der Waals surface area (Å²) in [6, 6.07) is -0.298. The highest BCUT2D eigenvalue weighted by atomic mass is 32.1. The smallest absolute Gasteiger partial charge is 0.319 e. The van der Waals surface area contributed by atoms with Crippen LogP contribution in [0.25, 0.3) is 0 Å². The first-order valence-corrected chi connectivity index (χ1v) is 8.29. The van der Waals surface area contributed by atoms with Gasteiger partial charge in [-0.2, -0.15) is 4.37 Å². The van der Waals surface area contributed by atoms with Gasteiger partial charge in [0.05, 0.1) is 24.5 Å². The van der Waals surface area contributed by atoms with Gasteiger partial charge in [-0.3, -0.25) is 10.1 Å². The van der Waals surface area contributed by atoms with E-state index in [0.29, 0.717) is 49.1 Å². The molecule has 0 bridgehead atoms. The number of urea groups is 1. The Labute approximate surface area is 134 Å². The van der Waals surface area contributed by atoms with E-state index >= 15 is 0 Å². The van der Waals surface area contributed by atoms with Crippen molar-refractivity contribution in [2.75, 3.05) is 38.2 Å². The molecular weight excluding hydrogens is 304 g/mol. The molecule has 1 aliphatic rings. The molecule has 1 saturated heterocycles. The van der Waals surface area contributed by atoms with Crippen molar-refractivity contribution in [3.8, 4) is 0 Å². The number of nitrogens with one attached hydrogen (secondary N) is 2. The van der Waals surface area contributed by atoms with E-state index in [1.807, 2.05) is 0 Å². The quantitative estimate of drug-likeness (QED) is 0.809. The number of morpholine rings is 1. The Balaban J connectivity index is 2.03. The maximum atomic E-state index is 12.6. The zero-order valence-electron chi connectivity index (χ0n) is 13.0. The zero-order valence-corrected chi connectivity index (χ0v) is 13.8. The van der Waals surface area contributed by atoms with E-state index in [4.69, 9.17) is 4.74 Å². The molecule has 2 heterocycles. The molecule has 3 amide bonds. The second-order valence-corrected chi connectivity index (χ2v) is 5.88. The van der Waals surface area contributed by atoms with E-state index in [1.54, 1.807) is 11.8 Å². The maximum absolute atomic E-state index is 12.6. The fraction of sp³-hybridized carbons (Fsp3) is 0.643. The van der Waals surface area contributed by atoms with Gasteiger partial charge in [0.2, 0.25) is 0 Å². The fourth-order valence-corrected chi connectivity index (χ4v) is 2.94. The summed E-state index contributed by atoms with van der Waals surface area (Å²) in [4.78, 5) is 26.2. The summed E-state index contributed by atoms with van der Waals surface area (Å²) < 4.78 is 9.46. The van der Waals surface area contributed by atoms with Crippen LogP contribution in [0.15, 0.2) is 0 Å². The molecule has 0 atom stereocenters. The van der Waals surface area contributed by atoms with Gasteiger partial charge in [0.25, 0.3) is 5.91 Å².